The normalized spacial score (nSPS) is 10.6. The van der Waals surface area contributed by atoms with Gasteiger partial charge < -0.3 is 35.6 Å². The van der Waals surface area contributed by atoms with E-state index in [4.69, 9.17) is 25.4 Å². The topological polar surface area (TPSA) is 211 Å². The quantitative estimate of drug-likeness (QED) is 0.167. The van der Waals surface area contributed by atoms with Gasteiger partial charge in [-0.3, -0.25) is 4.79 Å². The van der Waals surface area contributed by atoms with Crippen LogP contribution in [0.5, 0.6) is 23.0 Å². The molecule has 4 aromatic rings. The molecule has 0 aromatic heterocycles. The maximum absolute atomic E-state index is 12.4. The first kappa shape index (κ1) is 28.8. The summed E-state index contributed by atoms with van der Waals surface area (Å²) in [6, 6.07) is 19.6. The van der Waals surface area contributed by atoms with Crippen LogP contribution < -0.4 is 15.2 Å². The van der Waals surface area contributed by atoms with Crippen LogP contribution in [0.2, 0.25) is 0 Å². The molecule has 0 aliphatic heterocycles. The van der Waals surface area contributed by atoms with E-state index in [0.717, 1.165) is 24.3 Å². The van der Waals surface area contributed by atoms with E-state index in [1.54, 1.807) is 24.3 Å². The Morgan fingerprint density at radius 1 is 0.476 bits per heavy atom. The largest absolute Gasteiger partial charge is 0.478 e. The summed E-state index contributed by atoms with van der Waals surface area (Å²) in [5.74, 6) is -6.35. The summed E-state index contributed by atoms with van der Waals surface area (Å²) in [5.41, 5.74) is 5.09. The monoisotopic (exact) mass is 571 g/mol. The summed E-state index contributed by atoms with van der Waals surface area (Å²) in [6.45, 7) is 0. The Kier molecular flexibility index (Phi) is 8.18. The van der Waals surface area contributed by atoms with Gasteiger partial charge in [0.05, 0.1) is 28.2 Å². The van der Waals surface area contributed by atoms with Crippen LogP contribution in [0.1, 0.15) is 58.5 Å². The van der Waals surface area contributed by atoms with Crippen molar-refractivity contribution in [3.8, 4) is 23.0 Å². The molecule has 12 nitrogen and oxygen atoms in total. The summed E-state index contributed by atoms with van der Waals surface area (Å²) in [7, 11) is 0. The molecule has 0 aliphatic rings. The van der Waals surface area contributed by atoms with Crippen molar-refractivity contribution in [3.05, 3.63) is 118 Å². The number of carboxylic acid groups (broad SMARTS) is 4. The van der Waals surface area contributed by atoms with Crippen molar-refractivity contribution in [2.45, 2.75) is 5.92 Å². The molecule has 42 heavy (non-hydrogen) atoms. The minimum absolute atomic E-state index is 0.0975. The highest BCUT2D eigenvalue weighted by Crippen LogP contribution is 2.31. The Hall–Kier alpha value is -6.17. The molecule has 0 heterocycles. The zero-order valence-corrected chi connectivity index (χ0v) is 21.4. The molecule has 12 heteroatoms. The average Bonchev–Trinajstić information content (AvgIpc) is 2.94. The van der Waals surface area contributed by atoms with Crippen molar-refractivity contribution in [1.29, 1.82) is 0 Å². The summed E-state index contributed by atoms with van der Waals surface area (Å²) in [5, 5.41) is 36.9. The minimum atomic E-state index is -1.42. The third-order valence-electron chi connectivity index (χ3n) is 6.09. The number of rotatable bonds is 11. The highest BCUT2D eigenvalue weighted by atomic mass is 16.5. The fourth-order valence-electron chi connectivity index (χ4n) is 4.15. The van der Waals surface area contributed by atoms with Crippen molar-refractivity contribution in [2.75, 3.05) is 0 Å². The van der Waals surface area contributed by atoms with Crippen LogP contribution in [0.15, 0.2) is 84.9 Å². The molecule has 0 fully saturated rings. The minimum Gasteiger partial charge on any atom is -0.478 e. The molecule has 0 saturated heterocycles. The Bertz CT molecular complexity index is 1590. The first-order valence-corrected chi connectivity index (χ1v) is 12.0. The second-order valence-electron chi connectivity index (χ2n) is 8.81. The van der Waals surface area contributed by atoms with Gasteiger partial charge >= 0.3 is 23.9 Å². The summed E-state index contributed by atoms with van der Waals surface area (Å²) >= 11 is 0. The molecule has 0 aliphatic carbocycles. The van der Waals surface area contributed by atoms with E-state index in [-0.39, 0.29) is 22.6 Å². The smallest absolute Gasteiger partial charge is 0.336 e. The molecule has 4 aromatic carbocycles. The maximum Gasteiger partial charge on any atom is 0.336 e. The highest BCUT2D eigenvalue weighted by Gasteiger charge is 2.22. The number of aromatic carboxylic acids is 4. The van der Waals surface area contributed by atoms with Crippen LogP contribution in [0, 0.1) is 0 Å². The number of carbonyl (C=O) groups is 5. The number of hydrogen-bond donors (Lipinski definition) is 5. The van der Waals surface area contributed by atoms with Crippen molar-refractivity contribution < 1.29 is 53.9 Å². The van der Waals surface area contributed by atoms with E-state index in [1.165, 1.54) is 36.4 Å². The predicted molar refractivity (Wildman–Crippen MR) is 145 cm³/mol. The van der Waals surface area contributed by atoms with Crippen LogP contribution in [0.3, 0.4) is 0 Å². The van der Waals surface area contributed by atoms with E-state index in [1.807, 2.05) is 0 Å². The van der Waals surface area contributed by atoms with Crippen LogP contribution in [0.25, 0.3) is 0 Å². The Labute approximate surface area is 236 Å². The summed E-state index contributed by atoms with van der Waals surface area (Å²) < 4.78 is 11.3. The Morgan fingerprint density at radius 3 is 1.07 bits per heavy atom. The lowest BCUT2D eigenvalue weighted by molar-refractivity contribution is -0.118. The van der Waals surface area contributed by atoms with Crippen molar-refractivity contribution in [1.82, 2.24) is 0 Å². The van der Waals surface area contributed by atoms with E-state index < -0.39 is 46.8 Å². The molecular weight excluding hydrogens is 550 g/mol. The lowest BCUT2D eigenvalue weighted by Gasteiger charge is -2.16. The first-order valence-electron chi connectivity index (χ1n) is 12.0. The molecule has 1 amide bonds. The van der Waals surface area contributed by atoms with Gasteiger partial charge in [0, 0.05) is 0 Å². The standard InChI is InChI=1S/C30H21NO11/c31-26(32)25(15-1-5-17(6-2-15)41-19-9-11-21(27(33)34)23(13-19)29(37)38)16-3-7-18(8-4-16)42-20-10-12-22(28(35)36)24(14-20)30(39)40/h1-14,25H,(H2,31,32)(H,33,34)(H,35,36)(H,37,38)(H,39,40). The lowest BCUT2D eigenvalue weighted by atomic mass is 9.90. The van der Waals surface area contributed by atoms with E-state index in [9.17, 15) is 34.2 Å². The fourth-order valence-corrected chi connectivity index (χ4v) is 4.15. The maximum atomic E-state index is 12.4. The van der Waals surface area contributed by atoms with Crippen molar-refractivity contribution >= 4 is 29.8 Å². The van der Waals surface area contributed by atoms with Crippen molar-refractivity contribution in [3.63, 3.8) is 0 Å². The van der Waals surface area contributed by atoms with Crippen LogP contribution in [-0.2, 0) is 4.79 Å². The van der Waals surface area contributed by atoms with Gasteiger partial charge in [-0.05, 0) is 71.8 Å². The second kappa shape index (κ2) is 11.9. The van der Waals surface area contributed by atoms with Gasteiger partial charge in [0.15, 0.2) is 0 Å². The molecule has 0 spiro atoms. The van der Waals surface area contributed by atoms with Crippen LogP contribution >= 0.6 is 0 Å². The van der Waals surface area contributed by atoms with Gasteiger partial charge in [0.2, 0.25) is 5.91 Å². The van der Waals surface area contributed by atoms with E-state index in [0.29, 0.717) is 22.6 Å². The number of benzene rings is 4. The zero-order chi connectivity index (χ0) is 30.6. The van der Waals surface area contributed by atoms with Gasteiger partial charge in [0.1, 0.15) is 23.0 Å². The fraction of sp³-hybridized carbons (Fsp3) is 0.0333. The van der Waals surface area contributed by atoms with Crippen molar-refractivity contribution in [2.24, 2.45) is 5.73 Å². The summed E-state index contributed by atoms with van der Waals surface area (Å²) in [6.07, 6.45) is 0. The number of primary amides is 1. The van der Waals surface area contributed by atoms with Gasteiger partial charge in [-0.2, -0.15) is 0 Å². The molecule has 0 atom stereocenters. The first-order chi connectivity index (χ1) is 19.9. The molecular formula is C30H21NO11. The van der Waals surface area contributed by atoms with Crippen LogP contribution in [-0.4, -0.2) is 50.2 Å². The third-order valence-corrected chi connectivity index (χ3v) is 6.09. The molecule has 0 saturated carbocycles. The number of carboxylic acids is 4. The number of hydrogen-bond acceptors (Lipinski definition) is 7. The average molecular weight is 571 g/mol. The van der Waals surface area contributed by atoms with Gasteiger partial charge in [0.25, 0.3) is 0 Å². The molecule has 212 valence electrons. The van der Waals surface area contributed by atoms with E-state index >= 15 is 0 Å². The molecule has 0 bridgehead atoms. The zero-order valence-electron chi connectivity index (χ0n) is 21.4. The number of nitrogens with two attached hydrogens (primary N) is 1. The van der Waals surface area contributed by atoms with Gasteiger partial charge in [-0.15, -0.1) is 0 Å². The predicted octanol–water partition coefficient (Wildman–Crippen LogP) is 4.68. The molecule has 0 unspecified atom stereocenters. The van der Waals surface area contributed by atoms with Gasteiger partial charge in [-0.1, -0.05) is 24.3 Å². The van der Waals surface area contributed by atoms with Crippen LogP contribution in [0.4, 0.5) is 0 Å². The SMILES string of the molecule is NC(=O)C(c1ccc(Oc2ccc(C(=O)O)c(C(=O)O)c2)cc1)c1ccc(Oc2ccc(C(=O)O)c(C(=O)O)c2)cc1. The number of ether oxygens (including phenoxy) is 2. The Morgan fingerprint density at radius 2 is 0.786 bits per heavy atom. The molecule has 4 rings (SSSR count). The van der Waals surface area contributed by atoms with E-state index in [2.05, 4.69) is 0 Å². The Balaban J connectivity index is 1.52. The summed E-state index contributed by atoms with van der Waals surface area (Å²) in [4.78, 5) is 57.7. The second-order valence-corrected chi connectivity index (χ2v) is 8.81. The number of carbonyl (C=O) groups excluding carboxylic acids is 1. The van der Waals surface area contributed by atoms with Gasteiger partial charge in [-0.25, -0.2) is 19.2 Å². The lowest BCUT2D eigenvalue weighted by Crippen LogP contribution is -2.22. The molecule has 6 N–H and O–H groups in total. The highest BCUT2D eigenvalue weighted by molar-refractivity contribution is 6.02. The third kappa shape index (κ3) is 6.34. The number of amides is 1. The molecule has 0 radical (unpaired) electrons.